The number of rotatable bonds is 3. The van der Waals surface area contributed by atoms with Crippen LogP contribution in [-0.2, 0) is 4.79 Å². The molecule has 1 amide bonds. The minimum absolute atomic E-state index is 0.180. The summed E-state index contributed by atoms with van der Waals surface area (Å²) in [6, 6.07) is 10.4. The van der Waals surface area contributed by atoms with Crippen LogP contribution >= 0.6 is 0 Å². The molecule has 2 rings (SSSR count). The average molecular weight is 232 g/mol. The number of benzene rings is 1. The Kier molecular flexibility index (Phi) is 3.79. The zero-order valence-electron chi connectivity index (χ0n) is 10.5. The van der Waals surface area contributed by atoms with Crippen molar-refractivity contribution in [3.05, 3.63) is 35.9 Å². The van der Waals surface area contributed by atoms with E-state index in [0.717, 1.165) is 13.1 Å². The van der Waals surface area contributed by atoms with Crippen LogP contribution < -0.4 is 5.32 Å². The monoisotopic (exact) mass is 232 g/mol. The first-order valence-electron chi connectivity index (χ1n) is 6.23. The average Bonchev–Trinajstić information content (AvgIpc) is 2.32. The van der Waals surface area contributed by atoms with E-state index in [9.17, 15) is 4.79 Å². The molecule has 1 N–H and O–H groups in total. The first kappa shape index (κ1) is 12.1. The number of piperazine rings is 1. The lowest BCUT2D eigenvalue weighted by Crippen LogP contribution is -2.51. The maximum atomic E-state index is 12.0. The van der Waals surface area contributed by atoms with Gasteiger partial charge in [0.15, 0.2) is 0 Å². The highest BCUT2D eigenvalue weighted by atomic mass is 16.2. The summed E-state index contributed by atoms with van der Waals surface area (Å²) in [5, 5.41) is 3.20. The lowest BCUT2D eigenvalue weighted by Gasteiger charge is -2.37. The third-order valence-electron chi connectivity index (χ3n) is 3.06. The minimum atomic E-state index is 0.180. The molecular weight excluding hydrogens is 212 g/mol. The van der Waals surface area contributed by atoms with Crippen LogP contribution in [0.15, 0.2) is 30.3 Å². The molecule has 1 aliphatic rings. The number of nitrogens with one attached hydrogen (secondary N) is 1. The highest BCUT2D eigenvalue weighted by molar-refractivity contribution is 5.79. The lowest BCUT2D eigenvalue weighted by atomic mass is 10.0. The number of hydrogen-bond donors (Lipinski definition) is 1. The smallest absolute Gasteiger partial charge is 0.237 e. The first-order valence-corrected chi connectivity index (χ1v) is 6.23. The van der Waals surface area contributed by atoms with Crippen LogP contribution in [0.2, 0.25) is 0 Å². The fourth-order valence-electron chi connectivity index (χ4n) is 2.30. The van der Waals surface area contributed by atoms with Gasteiger partial charge in [-0.2, -0.15) is 0 Å². The van der Waals surface area contributed by atoms with Crippen molar-refractivity contribution in [3.63, 3.8) is 0 Å². The maximum absolute atomic E-state index is 12.0. The molecule has 1 aromatic rings. The van der Waals surface area contributed by atoms with Gasteiger partial charge in [0, 0.05) is 13.1 Å². The fourth-order valence-corrected chi connectivity index (χ4v) is 2.30. The van der Waals surface area contributed by atoms with E-state index < -0.39 is 0 Å². The van der Waals surface area contributed by atoms with Crippen LogP contribution in [-0.4, -0.2) is 30.4 Å². The van der Waals surface area contributed by atoms with Gasteiger partial charge >= 0.3 is 0 Å². The number of nitrogens with zero attached hydrogens (tertiary/aromatic N) is 1. The summed E-state index contributed by atoms with van der Waals surface area (Å²) in [5.74, 6) is 0.710. The number of carbonyl (C=O) groups is 1. The summed E-state index contributed by atoms with van der Waals surface area (Å²) >= 11 is 0. The number of amides is 1. The van der Waals surface area contributed by atoms with E-state index in [0.29, 0.717) is 12.5 Å². The molecule has 1 aromatic carbocycles. The predicted molar refractivity (Wildman–Crippen MR) is 68.6 cm³/mol. The van der Waals surface area contributed by atoms with E-state index in [1.165, 1.54) is 5.56 Å². The van der Waals surface area contributed by atoms with Crippen LogP contribution in [0.3, 0.4) is 0 Å². The van der Waals surface area contributed by atoms with Crippen molar-refractivity contribution in [2.24, 2.45) is 5.92 Å². The molecule has 0 spiro atoms. The molecule has 1 unspecified atom stereocenters. The standard InChI is InChI=1S/C14H20N2O/c1-11(2)10-16-13(8-15-9-14(16)17)12-6-4-3-5-7-12/h3-7,11,13,15H,8-10H2,1-2H3. The Labute approximate surface area is 103 Å². The lowest BCUT2D eigenvalue weighted by molar-refractivity contribution is -0.135. The largest absolute Gasteiger partial charge is 0.333 e. The zero-order chi connectivity index (χ0) is 12.3. The molecule has 17 heavy (non-hydrogen) atoms. The molecule has 1 fully saturated rings. The van der Waals surface area contributed by atoms with E-state index in [2.05, 4.69) is 31.3 Å². The van der Waals surface area contributed by atoms with Gasteiger partial charge in [-0.05, 0) is 11.5 Å². The number of hydrogen-bond acceptors (Lipinski definition) is 2. The summed E-state index contributed by atoms with van der Waals surface area (Å²) in [4.78, 5) is 14.0. The van der Waals surface area contributed by atoms with Crippen molar-refractivity contribution in [2.45, 2.75) is 19.9 Å². The zero-order valence-corrected chi connectivity index (χ0v) is 10.5. The highest BCUT2D eigenvalue weighted by Crippen LogP contribution is 2.23. The van der Waals surface area contributed by atoms with Gasteiger partial charge in [0.2, 0.25) is 5.91 Å². The summed E-state index contributed by atoms with van der Waals surface area (Å²) in [6.45, 7) is 6.45. The van der Waals surface area contributed by atoms with E-state index in [4.69, 9.17) is 0 Å². The molecule has 1 aliphatic heterocycles. The van der Waals surface area contributed by atoms with Crippen molar-refractivity contribution < 1.29 is 4.79 Å². The van der Waals surface area contributed by atoms with Crippen molar-refractivity contribution >= 4 is 5.91 Å². The van der Waals surface area contributed by atoms with Gasteiger partial charge in [0.05, 0.1) is 12.6 Å². The van der Waals surface area contributed by atoms with Crippen molar-refractivity contribution in [1.82, 2.24) is 10.2 Å². The molecule has 1 atom stereocenters. The molecular formula is C14H20N2O. The molecule has 3 heteroatoms. The van der Waals surface area contributed by atoms with Crippen LogP contribution in [0.1, 0.15) is 25.5 Å². The summed E-state index contributed by atoms with van der Waals surface area (Å²) in [5.41, 5.74) is 1.22. The van der Waals surface area contributed by atoms with Gasteiger partial charge in [0.25, 0.3) is 0 Å². The minimum Gasteiger partial charge on any atom is -0.333 e. The number of carbonyl (C=O) groups excluding carboxylic acids is 1. The molecule has 0 saturated carbocycles. The molecule has 1 saturated heterocycles. The van der Waals surface area contributed by atoms with Gasteiger partial charge < -0.3 is 10.2 Å². The highest BCUT2D eigenvalue weighted by Gasteiger charge is 2.28. The quantitative estimate of drug-likeness (QED) is 0.862. The summed E-state index contributed by atoms with van der Waals surface area (Å²) in [6.07, 6.45) is 0. The Morgan fingerprint density at radius 1 is 1.35 bits per heavy atom. The van der Waals surface area contributed by atoms with Crippen molar-refractivity contribution in [1.29, 1.82) is 0 Å². The molecule has 0 bridgehead atoms. The van der Waals surface area contributed by atoms with Gasteiger partial charge in [-0.1, -0.05) is 44.2 Å². The van der Waals surface area contributed by atoms with Crippen LogP contribution in [0.4, 0.5) is 0 Å². The topological polar surface area (TPSA) is 32.3 Å². The third-order valence-corrected chi connectivity index (χ3v) is 3.06. The predicted octanol–water partition coefficient (Wildman–Crippen LogP) is 1.82. The van der Waals surface area contributed by atoms with Gasteiger partial charge in [-0.25, -0.2) is 0 Å². The Morgan fingerprint density at radius 2 is 2.06 bits per heavy atom. The van der Waals surface area contributed by atoms with E-state index >= 15 is 0 Å². The molecule has 1 heterocycles. The second-order valence-corrected chi connectivity index (χ2v) is 5.00. The van der Waals surface area contributed by atoms with E-state index in [-0.39, 0.29) is 11.9 Å². The van der Waals surface area contributed by atoms with Crippen LogP contribution in [0, 0.1) is 5.92 Å². The van der Waals surface area contributed by atoms with E-state index in [1.54, 1.807) is 0 Å². The second kappa shape index (κ2) is 5.32. The Hall–Kier alpha value is -1.35. The molecule has 0 radical (unpaired) electrons. The summed E-state index contributed by atoms with van der Waals surface area (Å²) < 4.78 is 0. The maximum Gasteiger partial charge on any atom is 0.237 e. The molecule has 3 nitrogen and oxygen atoms in total. The van der Waals surface area contributed by atoms with Crippen molar-refractivity contribution in [2.75, 3.05) is 19.6 Å². The van der Waals surface area contributed by atoms with Crippen molar-refractivity contribution in [3.8, 4) is 0 Å². The SMILES string of the molecule is CC(C)CN1C(=O)CNCC1c1ccccc1. The van der Waals surface area contributed by atoms with E-state index in [1.807, 2.05) is 23.1 Å². The van der Waals surface area contributed by atoms with Crippen LogP contribution in [0.5, 0.6) is 0 Å². The third kappa shape index (κ3) is 2.86. The Morgan fingerprint density at radius 3 is 2.71 bits per heavy atom. The fraction of sp³-hybridized carbons (Fsp3) is 0.500. The van der Waals surface area contributed by atoms with Gasteiger partial charge in [-0.3, -0.25) is 4.79 Å². The molecule has 92 valence electrons. The molecule has 0 aromatic heterocycles. The molecule has 0 aliphatic carbocycles. The van der Waals surface area contributed by atoms with Gasteiger partial charge in [0.1, 0.15) is 0 Å². The summed E-state index contributed by atoms with van der Waals surface area (Å²) in [7, 11) is 0. The van der Waals surface area contributed by atoms with Gasteiger partial charge in [-0.15, -0.1) is 0 Å². The van der Waals surface area contributed by atoms with Crippen LogP contribution in [0.25, 0.3) is 0 Å². The Bertz CT molecular complexity index is 375. The first-order chi connectivity index (χ1) is 8.18. The Balaban J connectivity index is 2.20. The second-order valence-electron chi connectivity index (χ2n) is 5.00. The normalized spacial score (nSPS) is 21.0.